The van der Waals surface area contributed by atoms with Crippen molar-refractivity contribution in [3.63, 3.8) is 0 Å². The maximum Gasteiger partial charge on any atom is 0.337 e. The molecule has 0 amide bonds. The Balaban J connectivity index is 2.21. The van der Waals surface area contributed by atoms with Crippen molar-refractivity contribution in [2.24, 2.45) is 0 Å². The van der Waals surface area contributed by atoms with Crippen LogP contribution in [0.15, 0.2) is 24.5 Å². The summed E-state index contributed by atoms with van der Waals surface area (Å²) in [6.07, 6.45) is 2.86. The summed E-state index contributed by atoms with van der Waals surface area (Å²) in [6, 6.07) is 5.63. The first kappa shape index (κ1) is 10.7. The summed E-state index contributed by atoms with van der Waals surface area (Å²) in [5, 5.41) is 9.22. The lowest BCUT2D eigenvalue weighted by Crippen LogP contribution is -2.09. The van der Waals surface area contributed by atoms with Gasteiger partial charge in [0.2, 0.25) is 0 Å². The van der Waals surface area contributed by atoms with Crippen molar-refractivity contribution in [3.8, 4) is 0 Å². The zero-order chi connectivity index (χ0) is 11.8. The molecule has 1 unspecified atom stereocenters. The van der Waals surface area contributed by atoms with E-state index in [0.29, 0.717) is 11.6 Å². The highest BCUT2D eigenvalue weighted by Crippen LogP contribution is 2.31. The monoisotopic (exact) mass is 248 g/mol. The van der Waals surface area contributed by atoms with Crippen LogP contribution in [0.2, 0.25) is 0 Å². The van der Waals surface area contributed by atoms with Crippen LogP contribution in [0.3, 0.4) is 0 Å². The Morgan fingerprint density at radius 3 is 3.12 bits per heavy atom. The van der Waals surface area contributed by atoms with Crippen LogP contribution in [0.1, 0.15) is 22.8 Å². The number of benzene rings is 1. The fraction of sp³-hybridized carbons (Fsp3) is 0.333. The predicted molar refractivity (Wildman–Crippen MR) is 67.7 cm³/mol. The number of thioether (sulfide) groups is 1. The normalized spacial score (nSPS) is 19.9. The molecular formula is C12H12N2O2S. The van der Waals surface area contributed by atoms with Crippen molar-refractivity contribution in [2.75, 3.05) is 11.5 Å². The van der Waals surface area contributed by atoms with Crippen molar-refractivity contribution in [1.29, 1.82) is 0 Å². The number of fused-ring (bicyclic) bond motifs is 1. The highest BCUT2D eigenvalue weighted by atomic mass is 32.2. The lowest BCUT2D eigenvalue weighted by molar-refractivity contribution is 0.0698. The molecule has 0 radical (unpaired) electrons. The fourth-order valence-corrected chi connectivity index (χ4v) is 3.48. The Morgan fingerprint density at radius 1 is 1.53 bits per heavy atom. The lowest BCUT2D eigenvalue weighted by Gasteiger charge is -2.12. The van der Waals surface area contributed by atoms with Crippen LogP contribution >= 0.6 is 11.8 Å². The maximum absolute atomic E-state index is 11.2. The average molecular weight is 248 g/mol. The van der Waals surface area contributed by atoms with Crippen molar-refractivity contribution in [3.05, 3.63) is 30.1 Å². The van der Waals surface area contributed by atoms with Crippen molar-refractivity contribution < 1.29 is 9.90 Å². The summed E-state index contributed by atoms with van der Waals surface area (Å²) in [5.74, 6) is 1.29. The summed E-state index contributed by atoms with van der Waals surface area (Å²) >= 11 is 1.91. The van der Waals surface area contributed by atoms with Crippen LogP contribution in [-0.2, 0) is 0 Å². The molecule has 1 aliphatic rings. The maximum atomic E-state index is 11.2. The van der Waals surface area contributed by atoms with Gasteiger partial charge in [0.15, 0.2) is 0 Å². The third-order valence-corrected chi connectivity index (χ3v) is 4.27. The standard InChI is InChI=1S/C12H12N2O2S/c15-12(16)9-2-1-3-10-11(9)14(7-13-10)8-4-5-17-6-8/h1-3,7-8H,4-6H2,(H,15,16). The van der Waals surface area contributed by atoms with Gasteiger partial charge in [0, 0.05) is 11.8 Å². The molecule has 2 heterocycles. The number of para-hydroxylation sites is 1. The second-order valence-electron chi connectivity index (χ2n) is 4.15. The third kappa shape index (κ3) is 1.70. The summed E-state index contributed by atoms with van der Waals surface area (Å²) in [7, 11) is 0. The average Bonchev–Trinajstić information content (AvgIpc) is 2.96. The first-order chi connectivity index (χ1) is 8.27. The molecule has 17 heavy (non-hydrogen) atoms. The van der Waals surface area contributed by atoms with Crippen LogP contribution in [0.5, 0.6) is 0 Å². The number of imidazole rings is 1. The summed E-state index contributed by atoms with van der Waals surface area (Å²) in [4.78, 5) is 15.5. The molecule has 1 atom stereocenters. The molecule has 1 N–H and O–H groups in total. The van der Waals surface area contributed by atoms with E-state index in [1.165, 1.54) is 0 Å². The van der Waals surface area contributed by atoms with E-state index in [1.807, 2.05) is 22.4 Å². The summed E-state index contributed by atoms with van der Waals surface area (Å²) < 4.78 is 2.03. The van der Waals surface area contributed by atoms with Crippen LogP contribution in [0, 0.1) is 0 Å². The summed E-state index contributed by atoms with van der Waals surface area (Å²) in [5.41, 5.74) is 1.87. The van der Waals surface area contributed by atoms with E-state index in [-0.39, 0.29) is 0 Å². The molecule has 2 aromatic rings. The Hall–Kier alpha value is -1.49. The fourth-order valence-electron chi connectivity index (χ4n) is 2.28. The van der Waals surface area contributed by atoms with E-state index in [1.54, 1.807) is 18.5 Å². The Morgan fingerprint density at radius 2 is 2.41 bits per heavy atom. The Labute approximate surface area is 103 Å². The first-order valence-corrected chi connectivity index (χ1v) is 6.69. The van der Waals surface area contributed by atoms with E-state index in [2.05, 4.69) is 4.98 Å². The van der Waals surface area contributed by atoms with Gasteiger partial charge in [0.1, 0.15) is 0 Å². The Kier molecular flexibility index (Phi) is 2.55. The molecule has 1 saturated heterocycles. The van der Waals surface area contributed by atoms with Crippen LogP contribution < -0.4 is 0 Å². The van der Waals surface area contributed by atoms with Crippen molar-refractivity contribution in [2.45, 2.75) is 12.5 Å². The van der Waals surface area contributed by atoms with Crippen LogP contribution in [0.25, 0.3) is 11.0 Å². The highest BCUT2D eigenvalue weighted by Gasteiger charge is 2.21. The van der Waals surface area contributed by atoms with Gasteiger partial charge in [0.25, 0.3) is 0 Å². The molecule has 0 saturated carbocycles. The number of carbonyl (C=O) groups is 1. The third-order valence-electron chi connectivity index (χ3n) is 3.12. The molecule has 0 bridgehead atoms. The largest absolute Gasteiger partial charge is 0.478 e. The lowest BCUT2D eigenvalue weighted by atomic mass is 10.1. The van der Waals surface area contributed by atoms with Crippen molar-refractivity contribution in [1.82, 2.24) is 9.55 Å². The minimum atomic E-state index is -0.886. The zero-order valence-corrected chi connectivity index (χ0v) is 9.98. The number of hydrogen-bond donors (Lipinski definition) is 1. The number of aromatic carboxylic acids is 1. The topological polar surface area (TPSA) is 55.1 Å². The van der Waals surface area contributed by atoms with Gasteiger partial charge in [-0.3, -0.25) is 0 Å². The van der Waals surface area contributed by atoms with E-state index in [9.17, 15) is 9.90 Å². The van der Waals surface area contributed by atoms with Gasteiger partial charge in [-0.2, -0.15) is 11.8 Å². The van der Waals surface area contributed by atoms with E-state index >= 15 is 0 Å². The molecule has 4 nitrogen and oxygen atoms in total. The molecule has 1 fully saturated rings. The van der Waals surface area contributed by atoms with E-state index in [4.69, 9.17) is 0 Å². The van der Waals surface area contributed by atoms with Crippen LogP contribution in [0.4, 0.5) is 0 Å². The molecule has 3 rings (SSSR count). The second-order valence-corrected chi connectivity index (χ2v) is 5.30. The number of rotatable bonds is 2. The van der Waals surface area contributed by atoms with Gasteiger partial charge in [-0.1, -0.05) is 6.07 Å². The number of nitrogens with zero attached hydrogens (tertiary/aromatic N) is 2. The zero-order valence-electron chi connectivity index (χ0n) is 9.17. The summed E-state index contributed by atoms with van der Waals surface area (Å²) in [6.45, 7) is 0. The molecule has 0 spiro atoms. The molecule has 0 aliphatic carbocycles. The molecule has 1 aromatic heterocycles. The first-order valence-electron chi connectivity index (χ1n) is 5.54. The number of hydrogen-bond acceptors (Lipinski definition) is 3. The smallest absolute Gasteiger partial charge is 0.337 e. The number of aromatic nitrogens is 2. The van der Waals surface area contributed by atoms with E-state index < -0.39 is 5.97 Å². The van der Waals surface area contributed by atoms with Gasteiger partial charge in [-0.25, -0.2) is 9.78 Å². The minimum Gasteiger partial charge on any atom is -0.478 e. The van der Waals surface area contributed by atoms with Gasteiger partial charge in [-0.05, 0) is 24.3 Å². The number of carboxylic acids is 1. The molecule has 88 valence electrons. The molecule has 1 aromatic carbocycles. The van der Waals surface area contributed by atoms with Gasteiger partial charge in [-0.15, -0.1) is 0 Å². The second kappa shape index (κ2) is 4.07. The quantitative estimate of drug-likeness (QED) is 0.886. The SMILES string of the molecule is O=C(O)c1cccc2ncn(C3CCSC3)c12. The highest BCUT2D eigenvalue weighted by molar-refractivity contribution is 7.99. The van der Waals surface area contributed by atoms with Crippen LogP contribution in [-0.4, -0.2) is 32.1 Å². The van der Waals surface area contributed by atoms with Gasteiger partial charge < -0.3 is 9.67 Å². The minimum absolute atomic E-state index is 0.344. The van der Waals surface area contributed by atoms with Gasteiger partial charge >= 0.3 is 5.97 Å². The Bertz CT molecular complexity index is 573. The molecule has 1 aliphatic heterocycles. The molecule has 5 heteroatoms. The van der Waals surface area contributed by atoms with E-state index in [0.717, 1.165) is 29.0 Å². The van der Waals surface area contributed by atoms with Gasteiger partial charge in [0.05, 0.1) is 22.9 Å². The van der Waals surface area contributed by atoms with Crippen molar-refractivity contribution >= 4 is 28.8 Å². The number of carboxylic acid groups (broad SMARTS) is 1. The molecular weight excluding hydrogens is 236 g/mol. The predicted octanol–water partition coefficient (Wildman–Crippen LogP) is 2.41.